The molecule has 0 aliphatic rings. The number of carbonyl (C=O) groups excluding carboxylic acids is 1. The lowest BCUT2D eigenvalue weighted by molar-refractivity contribution is 0.0931. The van der Waals surface area contributed by atoms with Crippen LogP contribution in [0.3, 0.4) is 0 Å². The molecule has 0 aliphatic carbocycles. The van der Waals surface area contributed by atoms with Crippen molar-refractivity contribution in [1.29, 1.82) is 0 Å². The van der Waals surface area contributed by atoms with Crippen molar-refractivity contribution in [1.82, 2.24) is 14.5 Å². The third-order valence-corrected chi connectivity index (χ3v) is 5.28. The standard InChI is InChI=1S/C18H19N3O3S.C2H6O/c1-11-9-19-15(12(2)17(11)24-4)10-25(23)18-20-14-7-5-6-8-16(14)21(18)13(3)22;1-3-2/h5-9H,10H2,1-4H3;1-2H3/t25-;/m0./s1. The summed E-state index contributed by atoms with van der Waals surface area (Å²) in [6.07, 6.45) is 1.70. The summed E-state index contributed by atoms with van der Waals surface area (Å²) >= 11 is 0. The van der Waals surface area contributed by atoms with Crippen LogP contribution in [0.15, 0.2) is 35.6 Å². The van der Waals surface area contributed by atoms with E-state index in [0.29, 0.717) is 16.7 Å². The Bertz CT molecular complexity index is 1010. The second kappa shape index (κ2) is 9.57. The number of aromatic nitrogens is 3. The monoisotopic (exact) mass is 403 g/mol. The van der Waals surface area contributed by atoms with Crippen molar-refractivity contribution in [2.45, 2.75) is 31.7 Å². The summed E-state index contributed by atoms with van der Waals surface area (Å²) in [7, 11) is 3.34. The summed E-state index contributed by atoms with van der Waals surface area (Å²) in [6.45, 7) is 5.24. The fraction of sp³-hybridized carbons (Fsp3) is 0.350. The Kier molecular flexibility index (Phi) is 7.42. The van der Waals surface area contributed by atoms with E-state index in [9.17, 15) is 9.00 Å². The third kappa shape index (κ3) is 4.45. The van der Waals surface area contributed by atoms with Gasteiger partial charge in [-0.15, -0.1) is 0 Å². The topological polar surface area (TPSA) is 83.3 Å². The molecule has 150 valence electrons. The number of imidazole rings is 1. The molecule has 0 N–H and O–H groups in total. The highest BCUT2D eigenvalue weighted by Gasteiger charge is 2.21. The minimum Gasteiger partial charge on any atom is -0.496 e. The number of hydrogen-bond acceptors (Lipinski definition) is 6. The van der Waals surface area contributed by atoms with Crippen molar-refractivity contribution in [2.75, 3.05) is 21.3 Å². The van der Waals surface area contributed by atoms with Crippen LogP contribution >= 0.6 is 0 Å². The quantitative estimate of drug-likeness (QED) is 0.665. The van der Waals surface area contributed by atoms with Crippen molar-refractivity contribution >= 4 is 27.7 Å². The first-order valence-electron chi connectivity index (χ1n) is 8.61. The fourth-order valence-electron chi connectivity index (χ4n) is 2.87. The number of pyridine rings is 1. The highest BCUT2D eigenvalue weighted by molar-refractivity contribution is 7.84. The van der Waals surface area contributed by atoms with Crippen molar-refractivity contribution < 1.29 is 18.5 Å². The van der Waals surface area contributed by atoms with Crippen LogP contribution in [0.2, 0.25) is 0 Å². The molecule has 3 rings (SSSR count). The summed E-state index contributed by atoms with van der Waals surface area (Å²) < 4.78 is 24.0. The molecule has 0 amide bonds. The first-order chi connectivity index (χ1) is 13.3. The Morgan fingerprint density at radius 1 is 1.18 bits per heavy atom. The molecular weight excluding hydrogens is 378 g/mol. The predicted octanol–water partition coefficient (Wildman–Crippen LogP) is 3.29. The zero-order valence-electron chi connectivity index (χ0n) is 17.0. The number of methoxy groups -OCH3 is 2. The number of benzene rings is 1. The fourth-order valence-corrected chi connectivity index (χ4v) is 4.17. The van der Waals surface area contributed by atoms with Crippen molar-refractivity contribution in [3.05, 3.63) is 47.3 Å². The van der Waals surface area contributed by atoms with Gasteiger partial charge in [-0.25, -0.2) is 4.98 Å². The number of hydrogen-bond donors (Lipinski definition) is 0. The van der Waals surface area contributed by atoms with E-state index < -0.39 is 10.8 Å². The summed E-state index contributed by atoms with van der Waals surface area (Å²) in [5.41, 5.74) is 3.74. The van der Waals surface area contributed by atoms with Gasteiger partial charge < -0.3 is 9.47 Å². The molecule has 0 spiro atoms. The summed E-state index contributed by atoms with van der Waals surface area (Å²) in [6, 6.07) is 7.26. The van der Waals surface area contributed by atoms with Gasteiger partial charge >= 0.3 is 0 Å². The molecular formula is C20H25N3O4S. The van der Waals surface area contributed by atoms with Crippen LogP contribution in [0.5, 0.6) is 5.75 Å². The van der Waals surface area contributed by atoms with Gasteiger partial charge in [-0.3, -0.25) is 18.6 Å². The van der Waals surface area contributed by atoms with Crippen LogP contribution in [0, 0.1) is 13.8 Å². The van der Waals surface area contributed by atoms with Crippen LogP contribution in [0.25, 0.3) is 11.0 Å². The number of nitrogens with zero attached hydrogens (tertiary/aromatic N) is 3. The number of aryl methyl sites for hydroxylation is 1. The van der Waals surface area contributed by atoms with Crippen LogP contribution in [-0.2, 0) is 21.3 Å². The van der Waals surface area contributed by atoms with Gasteiger partial charge in [0.05, 0.1) is 40.4 Å². The molecule has 0 saturated carbocycles. The van der Waals surface area contributed by atoms with E-state index in [1.807, 2.05) is 26.0 Å². The van der Waals surface area contributed by atoms with Gasteiger partial charge in [0.2, 0.25) is 11.1 Å². The Morgan fingerprint density at radius 3 is 2.43 bits per heavy atom. The van der Waals surface area contributed by atoms with E-state index in [1.165, 1.54) is 11.5 Å². The zero-order chi connectivity index (χ0) is 20.8. The minimum atomic E-state index is -1.51. The predicted molar refractivity (Wildman–Crippen MR) is 109 cm³/mol. The number of rotatable bonds is 4. The van der Waals surface area contributed by atoms with Crippen molar-refractivity contribution in [3.63, 3.8) is 0 Å². The minimum absolute atomic E-state index is 0.166. The molecule has 2 heterocycles. The largest absolute Gasteiger partial charge is 0.496 e. The molecule has 0 fully saturated rings. The van der Waals surface area contributed by atoms with Gasteiger partial charge in [0.25, 0.3) is 0 Å². The molecule has 1 atom stereocenters. The van der Waals surface area contributed by atoms with E-state index in [1.54, 1.807) is 39.7 Å². The average Bonchev–Trinajstić information content (AvgIpc) is 3.05. The Balaban J connectivity index is 0.000000878. The maximum Gasteiger partial charge on any atom is 0.230 e. The second-order valence-electron chi connectivity index (χ2n) is 6.18. The molecule has 2 aromatic heterocycles. The molecule has 7 nitrogen and oxygen atoms in total. The molecule has 28 heavy (non-hydrogen) atoms. The molecule has 8 heteroatoms. The lowest BCUT2D eigenvalue weighted by Gasteiger charge is -2.12. The number of fused-ring (bicyclic) bond motifs is 1. The summed E-state index contributed by atoms with van der Waals surface area (Å²) in [4.78, 5) is 20.9. The lowest BCUT2D eigenvalue weighted by atomic mass is 10.1. The average molecular weight is 404 g/mol. The molecule has 0 aliphatic heterocycles. The number of carbonyl (C=O) groups is 1. The summed E-state index contributed by atoms with van der Waals surface area (Å²) in [5, 5.41) is 0.245. The molecule has 3 aromatic rings. The maximum atomic E-state index is 12.9. The normalized spacial score (nSPS) is 11.6. The van der Waals surface area contributed by atoms with Crippen molar-refractivity contribution in [3.8, 4) is 5.75 Å². The smallest absolute Gasteiger partial charge is 0.230 e. The second-order valence-corrected chi connectivity index (χ2v) is 7.53. The van der Waals surface area contributed by atoms with E-state index in [-0.39, 0.29) is 16.8 Å². The van der Waals surface area contributed by atoms with E-state index >= 15 is 0 Å². The van der Waals surface area contributed by atoms with Gasteiger partial charge in [0, 0.05) is 38.5 Å². The van der Waals surface area contributed by atoms with Gasteiger partial charge in [0.1, 0.15) is 5.75 Å². The maximum absolute atomic E-state index is 12.9. The van der Waals surface area contributed by atoms with Crippen LogP contribution in [-0.4, -0.2) is 46.0 Å². The van der Waals surface area contributed by atoms with Gasteiger partial charge in [-0.1, -0.05) is 12.1 Å². The van der Waals surface area contributed by atoms with Gasteiger partial charge in [0.15, 0.2) is 0 Å². The summed E-state index contributed by atoms with van der Waals surface area (Å²) in [5.74, 6) is 0.685. The number of ether oxygens (including phenoxy) is 2. The molecule has 0 radical (unpaired) electrons. The third-order valence-electron chi connectivity index (χ3n) is 4.07. The first kappa shape index (κ1) is 21.7. The molecule has 0 unspecified atom stereocenters. The van der Waals surface area contributed by atoms with Gasteiger partial charge in [-0.2, -0.15) is 0 Å². The van der Waals surface area contributed by atoms with Crippen LogP contribution < -0.4 is 4.74 Å². The Hall–Kier alpha value is -2.58. The van der Waals surface area contributed by atoms with E-state index in [4.69, 9.17) is 4.74 Å². The SMILES string of the molecule is COC.COc1c(C)cnc(C[S@](=O)c2nc3ccccc3n2C(C)=O)c1C. The molecule has 0 bridgehead atoms. The van der Waals surface area contributed by atoms with E-state index in [0.717, 1.165) is 16.9 Å². The molecule has 1 aromatic carbocycles. The van der Waals surface area contributed by atoms with Crippen LogP contribution in [0.1, 0.15) is 28.5 Å². The van der Waals surface area contributed by atoms with E-state index in [2.05, 4.69) is 14.7 Å². The Labute approximate surface area is 167 Å². The van der Waals surface area contributed by atoms with Gasteiger partial charge in [-0.05, 0) is 26.0 Å². The zero-order valence-corrected chi connectivity index (χ0v) is 17.8. The first-order valence-corrected chi connectivity index (χ1v) is 9.93. The Morgan fingerprint density at radius 2 is 1.82 bits per heavy atom. The highest BCUT2D eigenvalue weighted by Crippen LogP contribution is 2.26. The van der Waals surface area contributed by atoms with Crippen LogP contribution in [0.4, 0.5) is 0 Å². The lowest BCUT2D eigenvalue weighted by Crippen LogP contribution is -2.13. The highest BCUT2D eigenvalue weighted by atomic mass is 32.2. The van der Waals surface area contributed by atoms with Crippen molar-refractivity contribution in [2.24, 2.45) is 0 Å². The number of para-hydroxylation sites is 2. The molecule has 0 saturated heterocycles.